The zero-order valence-corrected chi connectivity index (χ0v) is 10.1. The molecule has 0 atom stereocenters. The highest BCUT2D eigenvalue weighted by Crippen LogP contribution is 2.18. The normalized spacial score (nSPS) is 10.8. The molecule has 3 nitrogen and oxygen atoms in total. The predicted molar refractivity (Wildman–Crippen MR) is 65.8 cm³/mol. The van der Waals surface area contributed by atoms with E-state index in [1.54, 1.807) is 17.0 Å². The SMILES string of the molecule is Cc1ncn(-c2ccc(CCN)cc2F)c1C. The number of aryl methyl sites for hydroxylation is 1. The average molecular weight is 233 g/mol. The molecule has 0 radical (unpaired) electrons. The van der Waals surface area contributed by atoms with Crippen LogP contribution in [0.4, 0.5) is 4.39 Å². The van der Waals surface area contributed by atoms with Crippen LogP contribution in [-0.4, -0.2) is 16.1 Å². The number of imidazole rings is 1. The monoisotopic (exact) mass is 233 g/mol. The van der Waals surface area contributed by atoms with Gasteiger partial charge in [-0.3, -0.25) is 0 Å². The summed E-state index contributed by atoms with van der Waals surface area (Å²) in [5, 5.41) is 0. The predicted octanol–water partition coefficient (Wildman–Crippen LogP) is 2.13. The summed E-state index contributed by atoms with van der Waals surface area (Å²) in [6.07, 6.45) is 2.34. The van der Waals surface area contributed by atoms with Gasteiger partial charge in [0.25, 0.3) is 0 Å². The number of halogens is 1. The lowest BCUT2D eigenvalue weighted by Crippen LogP contribution is -2.04. The summed E-state index contributed by atoms with van der Waals surface area (Å²) < 4.78 is 15.7. The third kappa shape index (κ3) is 2.22. The summed E-state index contributed by atoms with van der Waals surface area (Å²) >= 11 is 0. The molecule has 0 aliphatic carbocycles. The first-order chi connectivity index (χ1) is 8.13. The van der Waals surface area contributed by atoms with Gasteiger partial charge in [-0.25, -0.2) is 9.37 Å². The van der Waals surface area contributed by atoms with Crippen molar-refractivity contribution in [1.29, 1.82) is 0 Å². The molecule has 0 saturated carbocycles. The van der Waals surface area contributed by atoms with Gasteiger partial charge in [-0.15, -0.1) is 0 Å². The van der Waals surface area contributed by atoms with Crippen LogP contribution >= 0.6 is 0 Å². The van der Waals surface area contributed by atoms with Crippen LogP contribution < -0.4 is 5.73 Å². The molecule has 0 amide bonds. The molecular formula is C13H16FN3. The molecule has 2 rings (SSSR count). The molecule has 1 heterocycles. The fourth-order valence-corrected chi connectivity index (χ4v) is 1.81. The minimum atomic E-state index is -0.239. The van der Waals surface area contributed by atoms with E-state index in [2.05, 4.69) is 4.98 Å². The van der Waals surface area contributed by atoms with Crippen LogP contribution in [-0.2, 0) is 6.42 Å². The highest BCUT2D eigenvalue weighted by atomic mass is 19.1. The van der Waals surface area contributed by atoms with Crippen LogP contribution in [0.25, 0.3) is 5.69 Å². The fraction of sp³-hybridized carbons (Fsp3) is 0.308. The number of rotatable bonds is 3. The van der Waals surface area contributed by atoms with E-state index in [0.29, 0.717) is 18.7 Å². The Hall–Kier alpha value is -1.68. The van der Waals surface area contributed by atoms with Gasteiger partial charge in [0.05, 0.1) is 17.7 Å². The molecule has 90 valence electrons. The van der Waals surface area contributed by atoms with Crippen LogP contribution in [0.2, 0.25) is 0 Å². The maximum atomic E-state index is 14.0. The Kier molecular flexibility index (Phi) is 3.24. The summed E-state index contributed by atoms with van der Waals surface area (Å²) in [5.74, 6) is -0.239. The van der Waals surface area contributed by atoms with E-state index in [9.17, 15) is 4.39 Å². The van der Waals surface area contributed by atoms with E-state index in [1.165, 1.54) is 6.07 Å². The van der Waals surface area contributed by atoms with Crippen molar-refractivity contribution in [3.63, 3.8) is 0 Å². The number of aromatic nitrogens is 2. The Morgan fingerprint density at radius 2 is 2.12 bits per heavy atom. The van der Waals surface area contributed by atoms with Gasteiger partial charge < -0.3 is 10.3 Å². The van der Waals surface area contributed by atoms with E-state index >= 15 is 0 Å². The second kappa shape index (κ2) is 4.67. The summed E-state index contributed by atoms with van der Waals surface area (Å²) in [6, 6.07) is 5.21. The second-order valence-corrected chi connectivity index (χ2v) is 4.11. The number of hydrogen-bond acceptors (Lipinski definition) is 2. The van der Waals surface area contributed by atoms with Crippen molar-refractivity contribution >= 4 is 0 Å². The lowest BCUT2D eigenvalue weighted by atomic mass is 10.1. The molecule has 0 unspecified atom stereocenters. The highest BCUT2D eigenvalue weighted by Gasteiger charge is 2.09. The lowest BCUT2D eigenvalue weighted by Gasteiger charge is -2.08. The third-order valence-corrected chi connectivity index (χ3v) is 2.96. The van der Waals surface area contributed by atoms with Crippen LogP contribution in [0.3, 0.4) is 0 Å². The molecule has 2 N–H and O–H groups in total. The smallest absolute Gasteiger partial charge is 0.147 e. The van der Waals surface area contributed by atoms with E-state index in [4.69, 9.17) is 5.73 Å². The average Bonchev–Trinajstić information content (AvgIpc) is 2.61. The van der Waals surface area contributed by atoms with Crippen molar-refractivity contribution in [2.45, 2.75) is 20.3 Å². The molecule has 4 heteroatoms. The third-order valence-electron chi connectivity index (χ3n) is 2.96. The molecule has 1 aromatic carbocycles. The molecule has 0 aliphatic heterocycles. The largest absolute Gasteiger partial charge is 0.330 e. The first-order valence-electron chi connectivity index (χ1n) is 5.63. The molecule has 0 bridgehead atoms. The van der Waals surface area contributed by atoms with Gasteiger partial charge in [0, 0.05) is 5.69 Å². The molecule has 0 fully saturated rings. The van der Waals surface area contributed by atoms with E-state index < -0.39 is 0 Å². The van der Waals surface area contributed by atoms with Crippen molar-refractivity contribution in [2.75, 3.05) is 6.54 Å². The van der Waals surface area contributed by atoms with Gasteiger partial charge in [0.2, 0.25) is 0 Å². The summed E-state index contributed by atoms with van der Waals surface area (Å²) in [5.41, 5.74) is 8.77. The van der Waals surface area contributed by atoms with E-state index in [0.717, 1.165) is 17.0 Å². The molecule has 0 spiro atoms. The van der Waals surface area contributed by atoms with Crippen molar-refractivity contribution in [2.24, 2.45) is 5.73 Å². The Balaban J connectivity index is 2.43. The molecule has 2 aromatic rings. The van der Waals surface area contributed by atoms with Crippen molar-refractivity contribution in [1.82, 2.24) is 9.55 Å². The fourth-order valence-electron chi connectivity index (χ4n) is 1.81. The molecular weight excluding hydrogens is 217 g/mol. The zero-order valence-electron chi connectivity index (χ0n) is 10.1. The topological polar surface area (TPSA) is 43.8 Å². The van der Waals surface area contributed by atoms with Crippen molar-refractivity contribution in [3.8, 4) is 5.69 Å². The Labute approximate surface area is 100 Å². The van der Waals surface area contributed by atoms with Crippen LogP contribution in [0.5, 0.6) is 0 Å². The van der Waals surface area contributed by atoms with Crippen molar-refractivity contribution in [3.05, 3.63) is 47.3 Å². The lowest BCUT2D eigenvalue weighted by molar-refractivity contribution is 0.614. The molecule has 0 aliphatic rings. The van der Waals surface area contributed by atoms with Gasteiger partial charge in [-0.2, -0.15) is 0 Å². The standard InChI is InChI=1S/C13H16FN3/c1-9-10(2)17(8-16-9)13-4-3-11(5-6-15)7-12(13)14/h3-4,7-8H,5-6,15H2,1-2H3. The van der Waals surface area contributed by atoms with Crippen LogP contribution in [0, 0.1) is 19.7 Å². The van der Waals surface area contributed by atoms with Gasteiger partial charge >= 0.3 is 0 Å². The Morgan fingerprint density at radius 1 is 1.35 bits per heavy atom. The van der Waals surface area contributed by atoms with Crippen molar-refractivity contribution < 1.29 is 4.39 Å². The second-order valence-electron chi connectivity index (χ2n) is 4.11. The molecule has 0 saturated heterocycles. The van der Waals surface area contributed by atoms with Crippen LogP contribution in [0.15, 0.2) is 24.5 Å². The number of benzene rings is 1. The van der Waals surface area contributed by atoms with Gasteiger partial charge in [-0.1, -0.05) is 6.07 Å². The van der Waals surface area contributed by atoms with Gasteiger partial charge in [0.1, 0.15) is 5.82 Å². The maximum Gasteiger partial charge on any atom is 0.147 e. The Bertz CT molecular complexity index is 531. The maximum absolute atomic E-state index is 14.0. The number of nitrogens with zero attached hydrogens (tertiary/aromatic N) is 2. The summed E-state index contributed by atoms with van der Waals surface area (Å²) in [6.45, 7) is 4.37. The minimum Gasteiger partial charge on any atom is -0.330 e. The van der Waals surface area contributed by atoms with Gasteiger partial charge in [0.15, 0.2) is 0 Å². The van der Waals surface area contributed by atoms with Crippen LogP contribution in [0.1, 0.15) is 17.0 Å². The number of nitrogens with two attached hydrogens (primary N) is 1. The molecule has 1 aromatic heterocycles. The summed E-state index contributed by atoms with van der Waals surface area (Å²) in [4.78, 5) is 4.17. The van der Waals surface area contributed by atoms with E-state index in [1.807, 2.05) is 19.9 Å². The Morgan fingerprint density at radius 3 is 2.65 bits per heavy atom. The zero-order chi connectivity index (χ0) is 12.4. The highest BCUT2D eigenvalue weighted by molar-refractivity contribution is 5.39. The first kappa shape index (κ1) is 11.8. The molecule has 17 heavy (non-hydrogen) atoms. The number of hydrogen-bond donors (Lipinski definition) is 1. The van der Waals surface area contributed by atoms with Gasteiger partial charge in [-0.05, 0) is 44.5 Å². The minimum absolute atomic E-state index is 0.239. The summed E-state index contributed by atoms with van der Waals surface area (Å²) in [7, 11) is 0. The quantitative estimate of drug-likeness (QED) is 0.882. The van der Waals surface area contributed by atoms with E-state index in [-0.39, 0.29) is 5.82 Å². The first-order valence-corrected chi connectivity index (χ1v) is 5.63.